The molecule has 0 aromatic heterocycles. The van der Waals surface area contributed by atoms with E-state index in [2.05, 4.69) is 5.43 Å². The molecule has 106 valence electrons. The van der Waals surface area contributed by atoms with Gasteiger partial charge < -0.3 is 0 Å². The maximum Gasteiger partial charge on any atom is 0.134 e. The van der Waals surface area contributed by atoms with Crippen LogP contribution in [-0.4, -0.2) is 0 Å². The van der Waals surface area contributed by atoms with E-state index in [1.54, 1.807) is 6.92 Å². The van der Waals surface area contributed by atoms with Gasteiger partial charge in [0.25, 0.3) is 0 Å². The molecular weight excluding hydrogens is 272 g/mol. The molecule has 0 aliphatic heterocycles. The van der Waals surface area contributed by atoms with E-state index in [9.17, 15) is 17.6 Å². The first-order chi connectivity index (χ1) is 9.43. The quantitative estimate of drug-likeness (QED) is 0.516. The van der Waals surface area contributed by atoms with Crippen molar-refractivity contribution in [1.29, 1.82) is 0 Å². The smallest absolute Gasteiger partial charge is 0.134 e. The zero-order chi connectivity index (χ0) is 14.9. The highest BCUT2D eigenvalue weighted by Gasteiger charge is 2.23. The van der Waals surface area contributed by atoms with Gasteiger partial charge in [-0.2, -0.15) is 0 Å². The number of hydrogen-bond acceptors (Lipinski definition) is 2. The molecule has 0 saturated carbocycles. The summed E-state index contributed by atoms with van der Waals surface area (Å²) in [6, 6.07) is 3.85. The lowest BCUT2D eigenvalue weighted by molar-refractivity contribution is 0.491. The monoisotopic (exact) mass is 284 g/mol. The van der Waals surface area contributed by atoms with Crippen LogP contribution < -0.4 is 11.3 Å². The van der Waals surface area contributed by atoms with Crippen molar-refractivity contribution >= 4 is 0 Å². The summed E-state index contributed by atoms with van der Waals surface area (Å²) in [5, 5.41) is 0. The molecule has 0 spiro atoms. The summed E-state index contributed by atoms with van der Waals surface area (Å²) < 4.78 is 53.6. The average Bonchev–Trinajstić information content (AvgIpc) is 2.34. The molecule has 0 fully saturated rings. The molecule has 2 aromatic rings. The van der Waals surface area contributed by atoms with Crippen LogP contribution in [0, 0.1) is 30.2 Å². The predicted octanol–water partition coefficient (Wildman–Crippen LogP) is 3.10. The number of aryl methyl sites for hydroxylation is 1. The first-order valence-corrected chi connectivity index (χ1v) is 5.80. The number of hydrazine groups is 1. The van der Waals surface area contributed by atoms with Crippen LogP contribution >= 0.6 is 0 Å². The van der Waals surface area contributed by atoms with Crippen LogP contribution in [0.15, 0.2) is 30.3 Å². The van der Waals surface area contributed by atoms with Gasteiger partial charge in [-0.1, -0.05) is 6.07 Å². The van der Waals surface area contributed by atoms with Gasteiger partial charge >= 0.3 is 0 Å². The second-order valence-corrected chi connectivity index (χ2v) is 4.38. The van der Waals surface area contributed by atoms with Gasteiger partial charge in [0.05, 0.1) is 6.04 Å². The molecule has 3 N–H and O–H groups in total. The Labute approximate surface area is 113 Å². The summed E-state index contributed by atoms with van der Waals surface area (Å²) in [5.41, 5.74) is 2.73. The van der Waals surface area contributed by atoms with E-state index in [0.717, 1.165) is 6.07 Å². The zero-order valence-electron chi connectivity index (χ0n) is 10.6. The first-order valence-electron chi connectivity index (χ1n) is 5.80. The molecule has 1 unspecified atom stereocenters. The fourth-order valence-corrected chi connectivity index (χ4v) is 2.12. The number of hydrogen-bond donors (Lipinski definition) is 2. The fourth-order valence-electron chi connectivity index (χ4n) is 2.12. The van der Waals surface area contributed by atoms with Crippen LogP contribution in [0.25, 0.3) is 0 Å². The van der Waals surface area contributed by atoms with Gasteiger partial charge in [0.2, 0.25) is 0 Å². The average molecular weight is 284 g/mol. The molecule has 0 bridgehead atoms. The molecule has 6 heteroatoms. The molecule has 2 rings (SSSR count). The molecule has 0 radical (unpaired) electrons. The van der Waals surface area contributed by atoms with Crippen molar-refractivity contribution in [3.8, 4) is 0 Å². The number of benzene rings is 2. The van der Waals surface area contributed by atoms with Crippen LogP contribution in [0.3, 0.4) is 0 Å². The number of nitrogens with two attached hydrogens (primary N) is 1. The van der Waals surface area contributed by atoms with Crippen molar-refractivity contribution in [2.24, 2.45) is 5.84 Å². The van der Waals surface area contributed by atoms with Gasteiger partial charge in [-0.15, -0.1) is 0 Å². The first kappa shape index (κ1) is 14.5. The van der Waals surface area contributed by atoms with Gasteiger partial charge in [0.1, 0.15) is 23.3 Å². The van der Waals surface area contributed by atoms with E-state index in [0.29, 0.717) is 23.3 Å². The van der Waals surface area contributed by atoms with Gasteiger partial charge in [0.15, 0.2) is 0 Å². The Balaban J connectivity index is 2.58. The van der Waals surface area contributed by atoms with Crippen LogP contribution in [0.5, 0.6) is 0 Å². The van der Waals surface area contributed by atoms with E-state index in [1.807, 2.05) is 0 Å². The molecule has 0 amide bonds. The molecule has 20 heavy (non-hydrogen) atoms. The third kappa shape index (κ3) is 2.66. The van der Waals surface area contributed by atoms with Gasteiger partial charge in [-0.05, 0) is 30.2 Å². The number of halogens is 4. The molecule has 0 heterocycles. The summed E-state index contributed by atoms with van der Waals surface area (Å²) in [6.45, 7) is 1.59. The molecule has 2 nitrogen and oxygen atoms in total. The van der Waals surface area contributed by atoms with Crippen LogP contribution in [0.2, 0.25) is 0 Å². The molecule has 0 saturated heterocycles. The highest BCUT2D eigenvalue weighted by Crippen LogP contribution is 2.29. The largest absolute Gasteiger partial charge is 0.271 e. The van der Waals surface area contributed by atoms with Crippen molar-refractivity contribution in [3.63, 3.8) is 0 Å². The Morgan fingerprint density at radius 3 is 2.05 bits per heavy atom. The van der Waals surface area contributed by atoms with Crippen molar-refractivity contribution in [3.05, 3.63) is 70.3 Å². The SMILES string of the molecule is Cc1cc(F)ccc1C(NN)c1c(F)cc(F)cc1F. The Morgan fingerprint density at radius 2 is 1.55 bits per heavy atom. The number of nitrogens with one attached hydrogen (secondary N) is 1. The fraction of sp³-hybridized carbons (Fsp3) is 0.143. The van der Waals surface area contributed by atoms with Crippen LogP contribution in [0.4, 0.5) is 17.6 Å². The molecular formula is C14H12F4N2. The Morgan fingerprint density at radius 1 is 0.950 bits per heavy atom. The van der Waals surface area contributed by atoms with E-state index in [-0.39, 0.29) is 0 Å². The summed E-state index contributed by atoms with van der Waals surface area (Å²) in [5.74, 6) is 1.74. The molecule has 1 atom stereocenters. The summed E-state index contributed by atoms with van der Waals surface area (Å²) >= 11 is 0. The predicted molar refractivity (Wildman–Crippen MR) is 66.6 cm³/mol. The van der Waals surface area contributed by atoms with E-state index < -0.39 is 34.9 Å². The summed E-state index contributed by atoms with van der Waals surface area (Å²) in [4.78, 5) is 0. The minimum atomic E-state index is -1.06. The third-order valence-corrected chi connectivity index (χ3v) is 3.04. The highest BCUT2D eigenvalue weighted by atomic mass is 19.1. The molecule has 0 aliphatic carbocycles. The standard InChI is InChI=1S/C14H12F4N2/c1-7-4-8(15)2-3-10(7)14(20-19)13-11(17)5-9(16)6-12(13)18/h2-6,14,20H,19H2,1H3. The third-order valence-electron chi connectivity index (χ3n) is 3.04. The lowest BCUT2D eigenvalue weighted by atomic mass is 9.94. The second-order valence-electron chi connectivity index (χ2n) is 4.38. The number of rotatable bonds is 3. The van der Waals surface area contributed by atoms with Gasteiger partial charge in [-0.25, -0.2) is 23.0 Å². The van der Waals surface area contributed by atoms with E-state index in [1.165, 1.54) is 12.1 Å². The second kappa shape index (κ2) is 5.60. The van der Waals surface area contributed by atoms with Crippen molar-refractivity contribution in [2.45, 2.75) is 13.0 Å². The molecule has 0 aliphatic rings. The maximum absolute atomic E-state index is 13.8. The summed E-state index contributed by atoms with van der Waals surface area (Å²) in [7, 11) is 0. The van der Waals surface area contributed by atoms with Crippen molar-refractivity contribution in [2.75, 3.05) is 0 Å². The highest BCUT2D eigenvalue weighted by molar-refractivity contribution is 5.38. The topological polar surface area (TPSA) is 38.0 Å². The van der Waals surface area contributed by atoms with Crippen molar-refractivity contribution in [1.82, 2.24) is 5.43 Å². The molecule has 2 aromatic carbocycles. The normalized spacial score (nSPS) is 12.5. The van der Waals surface area contributed by atoms with E-state index in [4.69, 9.17) is 5.84 Å². The van der Waals surface area contributed by atoms with Crippen LogP contribution in [-0.2, 0) is 0 Å². The Hall–Kier alpha value is -1.92. The van der Waals surface area contributed by atoms with Gasteiger partial charge in [-0.3, -0.25) is 5.84 Å². The van der Waals surface area contributed by atoms with Crippen LogP contribution in [0.1, 0.15) is 22.7 Å². The van der Waals surface area contributed by atoms with E-state index >= 15 is 0 Å². The Bertz CT molecular complexity index is 620. The minimum Gasteiger partial charge on any atom is -0.271 e. The maximum atomic E-state index is 13.8. The minimum absolute atomic E-state index is 0.401. The lowest BCUT2D eigenvalue weighted by Gasteiger charge is -2.20. The lowest BCUT2D eigenvalue weighted by Crippen LogP contribution is -2.31. The van der Waals surface area contributed by atoms with Gasteiger partial charge in [0, 0.05) is 17.7 Å². The zero-order valence-corrected chi connectivity index (χ0v) is 10.6. The Kier molecular flexibility index (Phi) is 4.06. The summed E-state index contributed by atoms with van der Waals surface area (Å²) in [6.07, 6.45) is 0. The van der Waals surface area contributed by atoms with Crippen molar-refractivity contribution < 1.29 is 17.6 Å².